The van der Waals surface area contributed by atoms with Crippen LogP contribution in [0.2, 0.25) is 0 Å². The molecule has 0 heterocycles. The van der Waals surface area contributed by atoms with Gasteiger partial charge in [-0.1, -0.05) is 43.3 Å². The largest absolute Gasteiger partial charge is 0.491 e. The Kier molecular flexibility index (Phi) is 4.57. The van der Waals surface area contributed by atoms with Crippen molar-refractivity contribution in [3.05, 3.63) is 54.1 Å². The first-order chi connectivity index (χ1) is 9.60. The van der Waals surface area contributed by atoms with Gasteiger partial charge < -0.3 is 4.74 Å². The Morgan fingerprint density at radius 2 is 1.45 bits per heavy atom. The smallest absolute Gasteiger partial charge is 0.162 e. The van der Waals surface area contributed by atoms with E-state index in [-0.39, 0.29) is 11.9 Å². The predicted molar refractivity (Wildman–Crippen MR) is 82.3 cm³/mol. The summed E-state index contributed by atoms with van der Waals surface area (Å²) in [7, 11) is 0. The Labute approximate surface area is 120 Å². The molecule has 0 N–H and O–H groups in total. The van der Waals surface area contributed by atoms with Gasteiger partial charge in [0.1, 0.15) is 5.75 Å². The molecule has 2 aromatic carbocycles. The molecule has 0 atom stereocenters. The number of carbonyl (C=O) groups is 1. The maximum atomic E-state index is 11.6. The maximum Gasteiger partial charge on any atom is 0.162 e. The molecular weight excluding hydrogens is 248 g/mol. The van der Waals surface area contributed by atoms with E-state index in [1.807, 2.05) is 69.3 Å². The molecular formula is C18H20O2. The molecule has 104 valence electrons. The first-order valence-corrected chi connectivity index (χ1v) is 7.00. The second-order valence-corrected chi connectivity index (χ2v) is 5.05. The molecule has 2 heteroatoms. The van der Waals surface area contributed by atoms with Crippen LogP contribution in [0, 0.1) is 0 Å². The van der Waals surface area contributed by atoms with Crippen molar-refractivity contribution in [1.29, 1.82) is 0 Å². The van der Waals surface area contributed by atoms with Gasteiger partial charge in [0.25, 0.3) is 0 Å². The zero-order valence-electron chi connectivity index (χ0n) is 12.2. The molecule has 0 aliphatic carbocycles. The molecule has 0 saturated carbocycles. The Hall–Kier alpha value is -2.09. The lowest BCUT2D eigenvalue weighted by Gasteiger charge is -2.10. The SMILES string of the molecule is CCC(=O)c1ccc(-c2ccc(OC(C)C)cc2)cc1. The number of Topliss-reactive ketones (excluding diaryl/α,β-unsaturated/α-hetero) is 1. The molecule has 0 aliphatic heterocycles. The van der Waals surface area contributed by atoms with Crippen LogP contribution < -0.4 is 4.74 Å². The molecule has 0 bridgehead atoms. The van der Waals surface area contributed by atoms with Crippen molar-refractivity contribution in [1.82, 2.24) is 0 Å². The number of ketones is 1. The molecule has 0 aliphatic rings. The fourth-order valence-corrected chi connectivity index (χ4v) is 2.05. The molecule has 0 amide bonds. The fraction of sp³-hybridized carbons (Fsp3) is 0.278. The lowest BCUT2D eigenvalue weighted by atomic mass is 10.0. The van der Waals surface area contributed by atoms with Crippen molar-refractivity contribution < 1.29 is 9.53 Å². The van der Waals surface area contributed by atoms with Crippen LogP contribution in [-0.2, 0) is 0 Å². The highest BCUT2D eigenvalue weighted by Crippen LogP contribution is 2.23. The highest BCUT2D eigenvalue weighted by atomic mass is 16.5. The van der Waals surface area contributed by atoms with Crippen LogP contribution in [0.15, 0.2) is 48.5 Å². The summed E-state index contributed by atoms with van der Waals surface area (Å²) in [6, 6.07) is 15.8. The summed E-state index contributed by atoms with van der Waals surface area (Å²) in [6.45, 7) is 5.90. The summed E-state index contributed by atoms with van der Waals surface area (Å²) in [5, 5.41) is 0. The molecule has 0 spiro atoms. The summed E-state index contributed by atoms with van der Waals surface area (Å²) >= 11 is 0. The second-order valence-electron chi connectivity index (χ2n) is 5.05. The van der Waals surface area contributed by atoms with E-state index in [0.29, 0.717) is 6.42 Å². The lowest BCUT2D eigenvalue weighted by molar-refractivity contribution is 0.0988. The molecule has 0 aromatic heterocycles. The number of hydrogen-bond donors (Lipinski definition) is 0. The quantitative estimate of drug-likeness (QED) is 0.732. The molecule has 0 fully saturated rings. The van der Waals surface area contributed by atoms with E-state index in [0.717, 1.165) is 22.4 Å². The normalized spacial score (nSPS) is 10.6. The average molecular weight is 268 g/mol. The Morgan fingerprint density at radius 3 is 1.90 bits per heavy atom. The summed E-state index contributed by atoms with van der Waals surface area (Å²) in [5.41, 5.74) is 3.00. The van der Waals surface area contributed by atoms with Crippen molar-refractivity contribution in [2.75, 3.05) is 0 Å². The number of benzene rings is 2. The summed E-state index contributed by atoms with van der Waals surface area (Å²) in [6.07, 6.45) is 0.723. The van der Waals surface area contributed by atoms with Crippen LogP contribution in [-0.4, -0.2) is 11.9 Å². The molecule has 0 saturated heterocycles. The van der Waals surface area contributed by atoms with Gasteiger partial charge in [-0.05, 0) is 37.1 Å². The number of carbonyl (C=O) groups excluding carboxylic acids is 1. The Balaban J connectivity index is 2.17. The van der Waals surface area contributed by atoms with Crippen molar-refractivity contribution >= 4 is 5.78 Å². The van der Waals surface area contributed by atoms with Gasteiger partial charge in [-0.2, -0.15) is 0 Å². The van der Waals surface area contributed by atoms with Crippen LogP contribution in [0.25, 0.3) is 11.1 Å². The standard InChI is InChI=1S/C18H20O2/c1-4-18(19)16-7-5-14(6-8-16)15-9-11-17(12-10-15)20-13(2)3/h5-13H,4H2,1-3H3. The van der Waals surface area contributed by atoms with Gasteiger partial charge in [-0.3, -0.25) is 4.79 Å². The van der Waals surface area contributed by atoms with E-state index in [2.05, 4.69) is 0 Å². The van der Waals surface area contributed by atoms with Gasteiger partial charge in [0.05, 0.1) is 6.10 Å². The van der Waals surface area contributed by atoms with Crippen LogP contribution in [0.4, 0.5) is 0 Å². The Morgan fingerprint density at radius 1 is 0.950 bits per heavy atom. The average Bonchev–Trinajstić information content (AvgIpc) is 2.47. The van der Waals surface area contributed by atoms with Crippen molar-refractivity contribution in [2.45, 2.75) is 33.3 Å². The molecule has 0 unspecified atom stereocenters. The van der Waals surface area contributed by atoms with E-state index in [4.69, 9.17) is 4.74 Å². The third-order valence-corrected chi connectivity index (χ3v) is 3.09. The zero-order valence-corrected chi connectivity index (χ0v) is 12.2. The first-order valence-electron chi connectivity index (χ1n) is 7.00. The van der Waals surface area contributed by atoms with E-state index < -0.39 is 0 Å². The lowest BCUT2D eigenvalue weighted by Crippen LogP contribution is -2.05. The minimum atomic E-state index is 0.178. The fourth-order valence-electron chi connectivity index (χ4n) is 2.05. The van der Waals surface area contributed by atoms with Crippen LogP contribution in [0.5, 0.6) is 5.75 Å². The van der Waals surface area contributed by atoms with Crippen molar-refractivity contribution in [2.24, 2.45) is 0 Å². The van der Waals surface area contributed by atoms with Gasteiger partial charge in [-0.25, -0.2) is 0 Å². The van der Waals surface area contributed by atoms with Gasteiger partial charge in [-0.15, -0.1) is 0 Å². The van der Waals surface area contributed by atoms with Gasteiger partial charge in [0, 0.05) is 12.0 Å². The highest BCUT2D eigenvalue weighted by Gasteiger charge is 2.04. The third-order valence-electron chi connectivity index (χ3n) is 3.09. The molecule has 2 rings (SSSR count). The van der Waals surface area contributed by atoms with E-state index >= 15 is 0 Å². The van der Waals surface area contributed by atoms with E-state index in [1.165, 1.54) is 0 Å². The van der Waals surface area contributed by atoms with Gasteiger partial charge in [0.2, 0.25) is 0 Å². The second kappa shape index (κ2) is 6.38. The third kappa shape index (κ3) is 3.47. The topological polar surface area (TPSA) is 26.3 Å². The zero-order chi connectivity index (χ0) is 14.5. The Bertz CT molecular complexity index is 565. The molecule has 2 nitrogen and oxygen atoms in total. The number of rotatable bonds is 5. The summed E-state index contributed by atoms with van der Waals surface area (Å²) in [5.74, 6) is 1.05. The van der Waals surface area contributed by atoms with E-state index in [9.17, 15) is 4.79 Å². The molecule has 0 radical (unpaired) electrons. The minimum Gasteiger partial charge on any atom is -0.491 e. The van der Waals surface area contributed by atoms with Crippen LogP contribution >= 0.6 is 0 Å². The van der Waals surface area contributed by atoms with E-state index in [1.54, 1.807) is 0 Å². The van der Waals surface area contributed by atoms with Crippen LogP contribution in [0.1, 0.15) is 37.6 Å². The summed E-state index contributed by atoms with van der Waals surface area (Å²) in [4.78, 5) is 11.6. The van der Waals surface area contributed by atoms with Gasteiger partial charge in [0.15, 0.2) is 5.78 Å². The highest BCUT2D eigenvalue weighted by molar-refractivity contribution is 5.96. The van der Waals surface area contributed by atoms with Gasteiger partial charge >= 0.3 is 0 Å². The predicted octanol–water partition coefficient (Wildman–Crippen LogP) is 4.73. The van der Waals surface area contributed by atoms with Crippen molar-refractivity contribution in [3.8, 4) is 16.9 Å². The maximum absolute atomic E-state index is 11.6. The van der Waals surface area contributed by atoms with Crippen LogP contribution in [0.3, 0.4) is 0 Å². The summed E-state index contributed by atoms with van der Waals surface area (Å²) < 4.78 is 5.63. The minimum absolute atomic E-state index is 0.178. The number of hydrogen-bond acceptors (Lipinski definition) is 2. The number of ether oxygens (including phenoxy) is 1. The monoisotopic (exact) mass is 268 g/mol. The first kappa shape index (κ1) is 14.3. The van der Waals surface area contributed by atoms with Crippen molar-refractivity contribution in [3.63, 3.8) is 0 Å². The molecule has 2 aromatic rings. The molecule has 20 heavy (non-hydrogen) atoms.